The van der Waals surface area contributed by atoms with Crippen molar-refractivity contribution in [1.29, 1.82) is 0 Å². The largest absolute Gasteiger partial charge is 0.469 e. The summed E-state index contributed by atoms with van der Waals surface area (Å²) >= 11 is 7.57. The number of nitrogens with one attached hydrogen (secondary N) is 2. The highest BCUT2D eigenvalue weighted by Gasteiger charge is 2.21. The molecule has 0 bridgehead atoms. The van der Waals surface area contributed by atoms with Crippen molar-refractivity contribution in [2.24, 2.45) is 0 Å². The summed E-state index contributed by atoms with van der Waals surface area (Å²) in [5, 5.41) is 6.52. The van der Waals surface area contributed by atoms with Gasteiger partial charge in [0.1, 0.15) is 4.88 Å². The number of benzene rings is 2. The summed E-state index contributed by atoms with van der Waals surface area (Å²) in [7, 11) is 1.29. The Morgan fingerprint density at radius 2 is 1.76 bits per heavy atom. The smallest absolute Gasteiger partial charge is 0.307 e. The van der Waals surface area contributed by atoms with Crippen molar-refractivity contribution in [2.45, 2.75) is 12.5 Å². The van der Waals surface area contributed by atoms with Crippen molar-refractivity contribution < 1.29 is 19.1 Å². The number of carbonyl (C=O) groups is 3. The molecule has 29 heavy (non-hydrogen) atoms. The number of fused-ring (bicyclic) bond motifs is 1. The summed E-state index contributed by atoms with van der Waals surface area (Å²) in [6, 6.07) is 16.0. The molecule has 1 heterocycles. The van der Waals surface area contributed by atoms with E-state index in [0.717, 1.165) is 15.6 Å². The van der Waals surface area contributed by atoms with Gasteiger partial charge in [-0.15, -0.1) is 11.3 Å². The maximum Gasteiger partial charge on any atom is 0.307 e. The Bertz CT molecular complexity index is 1040. The van der Waals surface area contributed by atoms with Crippen molar-refractivity contribution in [1.82, 2.24) is 10.6 Å². The molecule has 1 unspecified atom stereocenters. The number of methoxy groups -OCH3 is 1. The van der Waals surface area contributed by atoms with E-state index in [9.17, 15) is 14.4 Å². The van der Waals surface area contributed by atoms with E-state index in [0.29, 0.717) is 9.90 Å². The second kappa shape index (κ2) is 9.54. The van der Waals surface area contributed by atoms with Crippen LogP contribution in [-0.4, -0.2) is 31.4 Å². The van der Waals surface area contributed by atoms with Crippen LogP contribution in [0.3, 0.4) is 0 Å². The summed E-state index contributed by atoms with van der Waals surface area (Å²) in [5.41, 5.74) is 0.769. The summed E-state index contributed by atoms with van der Waals surface area (Å²) in [4.78, 5) is 36.9. The lowest BCUT2D eigenvalue weighted by Gasteiger charge is -2.18. The van der Waals surface area contributed by atoms with Gasteiger partial charge < -0.3 is 15.4 Å². The molecule has 0 spiro atoms. The molecule has 0 fully saturated rings. The van der Waals surface area contributed by atoms with Crippen LogP contribution in [0.2, 0.25) is 5.02 Å². The molecule has 6 nitrogen and oxygen atoms in total. The quantitative estimate of drug-likeness (QED) is 0.560. The number of ether oxygens (including phenoxy) is 1. The summed E-state index contributed by atoms with van der Waals surface area (Å²) in [6.45, 7) is -0.242. The Balaban J connectivity index is 1.64. The third-order valence-corrected chi connectivity index (χ3v) is 5.96. The van der Waals surface area contributed by atoms with Crippen LogP contribution < -0.4 is 10.6 Å². The van der Waals surface area contributed by atoms with Crippen LogP contribution in [0.4, 0.5) is 0 Å². The van der Waals surface area contributed by atoms with Crippen molar-refractivity contribution >= 4 is 50.8 Å². The molecule has 3 aromatic rings. The fourth-order valence-electron chi connectivity index (χ4n) is 2.83. The molecule has 0 saturated carbocycles. The topological polar surface area (TPSA) is 84.5 Å². The van der Waals surface area contributed by atoms with Gasteiger partial charge in [0.25, 0.3) is 5.91 Å². The summed E-state index contributed by atoms with van der Waals surface area (Å²) in [5.74, 6) is -1.29. The molecule has 8 heteroatoms. The van der Waals surface area contributed by atoms with Gasteiger partial charge in [0, 0.05) is 10.1 Å². The number of hydrogen-bond acceptors (Lipinski definition) is 5. The van der Waals surface area contributed by atoms with Crippen LogP contribution in [0.15, 0.2) is 54.6 Å². The Morgan fingerprint density at radius 1 is 1.07 bits per heavy atom. The predicted molar refractivity (Wildman–Crippen MR) is 113 cm³/mol. The van der Waals surface area contributed by atoms with Gasteiger partial charge in [-0.3, -0.25) is 14.4 Å². The number of rotatable bonds is 7. The van der Waals surface area contributed by atoms with Crippen molar-refractivity contribution in [3.63, 3.8) is 0 Å². The van der Waals surface area contributed by atoms with Crippen molar-refractivity contribution in [3.8, 4) is 0 Å². The zero-order chi connectivity index (χ0) is 20.8. The lowest BCUT2D eigenvalue weighted by molar-refractivity contribution is -0.141. The number of esters is 1. The van der Waals surface area contributed by atoms with Gasteiger partial charge in [-0.2, -0.15) is 0 Å². The monoisotopic (exact) mass is 430 g/mol. The third kappa shape index (κ3) is 5.13. The fraction of sp³-hybridized carbons (Fsp3) is 0.190. The van der Waals surface area contributed by atoms with Gasteiger partial charge in [0.15, 0.2) is 0 Å². The van der Waals surface area contributed by atoms with E-state index in [1.807, 2.05) is 54.6 Å². The molecule has 0 aliphatic heterocycles. The average Bonchev–Trinajstić information content (AvgIpc) is 3.09. The SMILES string of the molecule is COC(=O)CC(NC(=O)CNC(=O)c1sc2ccccc2c1Cl)c1ccccc1. The van der Waals surface area contributed by atoms with Crippen LogP contribution in [0.5, 0.6) is 0 Å². The zero-order valence-corrected chi connectivity index (χ0v) is 17.2. The summed E-state index contributed by atoms with van der Waals surface area (Å²) in [6.07, 6.45) is -0.0116. The second-order valence-electron chi connectivity index (χ2n) is 6.24. The first kappa shape index (κ1) is 20.8. The van der Waals surface area contributed by atoms with Crippen molar-refractivity contribution in [3.05, 3.63) is 70.1 Å². The van der Waals surface area contributed by atoms with E-state index in [-0.39, 0.29) is 13.0 Å². The Hall–Kier alpha value is -2.90. The molecule has 0 radical (unpaired) electrons. The first-order valence-corrected chi connectivity index (χ1v) is 10.1. The number of carbonyl (C=O) groups excluding carboxylic acids is 3. The highest BCUT2D eigenvalue weighted by molar-refractivity contribution is 7.21. The predicted octanol–water partition coefficient (Wildman–Crippen LogP) is 3.71. The van der Waals surface area contributed by atoms with E-state index < -0.39 is 23.8 Å². The molecule has 1 atom stereocenters. The highest BCUT2D eigenvalue weighted by Crippen LogP contribution is 2.34. The number of hydrogen-bond donors (Lipinski definition) is 2. The van der Waals surface area contributed by atoms with Crippen molar-refractivity contribution in [2.75, 3.05) is 13.7 Å². The normalized spacial score (nSPS) is 11.7. The number of thiophene rings is 1. The minimum Gasteiger partial charge on any atom is -0.469 e. The van der Waals surface area contributed by atoms with Gasteiger partial charge in [0.05, 0.1) is 31.1 Å². The highest BCUT2D eigenvalue weighted by atomic mass is 35.5. The van der Waals surface area contributed by atoms with E-state index >= 15 is 0 Å². The maximum absolute atomic E-state index is 12.5. The van der Waals surface area contributed by atoms with Gasteiger partial charge in [0.2, 0.25) is 5.91 Å². The minimum absolute atomic E-state index is 0.0116. The molecule has 3 rings (SSSR count). The molecule has 0 saturated heterocycles. The standard InChI is InChI=1S/C21H19ClN2O4S/c1-28-18(26)11-15(13-7-3-2-4-8-13)24-17(25)12-23-21(27)20-19(22)14-9-5-6-10-16(14)29-20/h2-10,15H,11-12H2,1H3,(H,23,27)(H,24,25). The average molecular weight is 431 g/mol. The van der Waals surface area contributed by atoms with E-state index in [2.05, 4.69) is 10.6 Å². The Kier molecular flexibility index (Phi) is 6.85. The van der Waals surface area contributed by atoms with Crippen LogP contribution in [-0.2, 0) is 14.3 Å². The van der Waals surface area contributed by atoms with Gasteiger partial charge >= 0.3 is 5.97 Å². The fourth-order valence-corrected chi connectivity index (χ4v) is 4.27. The van der Waals surface area contributed by atoms with E-state index in [4.69, 9.17) is 16.3 Å². The second-order valence-corrected chi connectivity index (χ2v) is 7.67. The Labute approximate surface area is 176 Å². The third-order valence-electron chi connectivity index (χ3n) is 4.29. The molecule has 150 valence electrons. The molecule has 2 amide bonds. The van der Waals surface area contributed by atoms with Gasteiger partial charge in [-0.25, -0.2) is 0 Å². The maximum atomic E-state index is 12.5. The van der Waals surface area contributed by atoms with E-state index in [1.165, 1.54) is 18.4 Å². The lowest BCUT2D eigenvalue weighted by atomic mass is 10.0. The number of amides is 2. The summed E-state index contributed by atoms with van der Waals surface area (Å²) < 4.78 is 5.61. The van der Waals surface area contributed by atoms with Crippen LogP contribution in [0, 0.1) is 0 Å². The van der Waals surface area contributed by atoms with Gasteiger partial charge in [-0.05, 0) is 11.6 Å². The molecule has 2 aromatic carbocycles. The molecule has 2 N–H and O–H groups in total. The molecular formula is C21H19ClN2O4S. The first-order valence-electron chi connectivity index (χ1n) is 8.86. The molecular weight excluding hydrogens is 412 g/mol. The molecule has 1 aromatic heterocycles. The van der Waals surface area contributed by atoms with E-state index in [1.54, 1.807) is 0 Å². The lowest BCUT2D eigenvalue weighted by Crippen LogP contribution is -2.39. The Morgan fingerprint density at radius 3 is 2.45 bits per heavy atom. The number of halogens is 1. The molecule has 0 aliphatic rings. The van der Waals surface area contributed by atoms with Crippen LogP contribution in [0.1, 0.15) is 27.7 Å². The van der Waals surface area contributed by atoms with Crippen LogP contribution >= 0.6 is 22.9 Å². The minimum atomic E-state index is -0.555. The van der Waals surface area contributed by atoms with Crippen LogP contribution in [0.25, 0.3) is 10.1 Å². The first-order chi connectivity index (χ1) is 14.0. The van der Waals surface area contributed by atoms with Gasteiger partial charge in [-0.1, -0.05) is 60.1 Å². The zero-order valence-electron chi connectivity index (χ0n) is 15.6. The molecule has 0 aliphatic carbocycles.